The van der Waals surface area contributed by atoms with Crippen molar-refractivity contribution in [3.8, 4) is 0 Å². The molecule has 1 N–H and O–H groups in total. The summed E-state index contributed by atoms with van der Waals surface area (Å²) in [6, 6.07) is 1.96. The van der Waals surface area contributed by atoms with Crippen molar-refractivity contribution in [1.82, 2.24) is 9.78 Å². The number of nitrogens with zero attached hydrogens (tertiary/aromatic N) is 2. The van der Waals surface area contributed by atoms with E-state index in [-0.39, 0.29) is 0 Å². The van der Waals surface area contributed by atoms with Gasteiger partial charge in [-0.15, -0.1) is 11.3 Å². The summed E-state index contributed by atoms with van der Waals surface area (Å²) in [7, 11) is 1.80. The number of halogens is 2. The molecule has 2 heterocycles. The molecule has 18 heavy (non-hydrogen) atoms. The normalized spacial score (nSPS) is 13.0. The van der Waals surface area contributed by atoms with E-state index < -0.39 is 6.10 Å². The second-order valence-electron chi connectivity index (χ2n) is 4.25. The Morgan fingerprint density at radius 1 is 1.56 bits per heavy atom. The van der Waals surface area contributed by atoms with Gasteiger partial charge in [-0.1, -0.05) is 11.6 Å². The minimum absolute atomic E-state index is 0.491. The van der Waals surface area contributed by atoms with Gasteiger partial charge in [0, 0.05) is 33.3 Å². The van der Waals surface area contributed by atoms with Crippen molar-refractivity contribution in [1.29, 1.82) is 0 Å². The highest BCUT2D eigenvalue weighted by Gasteiger charge is 2.18. The number of aromatic nitrogens is 2. The van der Waals surface area contributed by atoms with Crippen molar-refractivity contribution >= 4 is 38.9 Å². The second-order valence-corrected chi connectivity index (χ2v) is 6.75. The Kier molecular flexibility index (Phi) is 4.16. The fourth-order valence-electron chi connectivity index (χ4n) is 1.85. The topological polar surface area (TPSA) is 38.0 Å². The average molecular weight is 350 g/mol. The third kappa shape index (κ3) is 2.64. The molecule has 0 fully saturated rings. The maximum atomic E-state index is 10.3. The summed E-state index contributed by atoms with van der Waals surface area (Å²) < 4.78 is 2.67. The van der Waals surface area contributed by atoms with Crippen molar-refractivity contribution < 1.29 is 5.11 Å². The van der Waals surface area contributed by atoms with Crippen molar-refractivity contribution in [2.24, 2.45) is 7.05 Å². The van der Waals surface area contributed by atoms with Crippen LogP contribution in [0.15, 0.2) is 10.5 Å². The van der Waals surface area contributed by atoms with Gasteiger partial charge in [0.25, 0.3) is 0 Å². The molecule has 2 aromatic heterocycles. The summed E-state index contributed by atoms with van der Waals surface area (Å²) >= 11 is 11.2. The molecule has 0 aliphatic rings. The first-order valence-corrected chi connectivity index (χ1v) is 7.50. The third-order valence-corrected chi connectivity index (χ3v) is 5.58. The highest BCUT2D eigenvalue weighted by molar-refractivity contribution is 9.10. The van der Waals surface area contributed by atoms with Gasteiger partial charge in [0.05, 0.1) is 11.8 Å². The molecule has 1 unspecified atom stereocenters. The van der Waals surface area contributed by atoms with Crippen LogP contribution in [-0.4, -0.2) is 14.9 Å². The highest BCUT2D eigenvalue weighted by atomic mass is 79.9. The lowest BCUT2D eigenvalue weighted by Crippen LogP contribution is -2.00. The zero-order valence-electron chi connectivity index (χ0n) is 10.4. The molecule has 2 rings (SSSR count). The number of aliphatic hydroxyl groups excluding tert-OH is 1. The van der Waals surface area contributed by atoms with Crippen LogP contribution in [-0.2, 0) is 13.5 Å². The minimum Gasteiger partial charge on any atom is -0.387 e. The lowest BCUT2D eigenvalue weighted by atomic mass is 10.1. The van der Waals surface area contributed by atoms with Gasteiger partial charge in [0.2, 0.25) is 0 Å². The van der Waals surface area contributed by atoms with Gasteiger partial charge < -0.3 is 5.11 Å². The molecule has 0 aromatic carbocycles. The smallest absolute Gasteiger partial charge is 0.130 e. The Hall–Kier alpha value is -0.360. The predicted molar refractivity (Wildman–Crippen MR) is 78.4 cm³/mol. The van der Waals surface area contributed by atoms with Gasteiger partial charge >= 0.3 is 0 Å². The predicted octanol–water partition coefficient (Wildman–Crippen LogP) is 3.79. The van der Waals surface area contributed by atoms with Gasteiger partial charge in [0.1, 0.15) is 5.15 Å². The van der Waals surface area contributed by atoms with Crippen LogP contribution in [0.3, 0.4) is 0 Å². The Bertz CT molecular complexity index is 559. The van der Waals surface area contributed by atoms with Crippen LogP contribution in [0, 0.1) is 13.8 Å². The number of hydrogen-bond acceptors (Lipinski definition) is 3. The third-order valence-electron chi connectivity index (χ3n) is 2.87. The summed E-state index contributed by atoms with van der Waals surface area (Å²) in [5.41, 5.74) is 1.78. The first-order valence-electron chi connectivity index (χ1n) is 5.52. The van der Waals surface area contributed by atoms with Crippen LogP contribution >= 0.6 is 38.9 Å². The van der Waals surface area contributed by atoms with E-state index in [0.29, 0.717) is 11.6 Å². The molecule has 0 aliphatic heterocycles. The van der Waals surface area contributed by atoms with Gasteiger partial charge in [0.15, 0.2) is 0 Å². The molecule has 2 aromatic rings. The Balaban J connectivity index is 2.23. The summed E-state index contributed by atoms with van der Waals surface area (Å²) in [6.45, 7) is 3.93. The van der Waals surface area contributed by atoms with Crippen LogP contribution in [0.25, 0.3) is 0 Å². The van der Waals surface area contributed by atoms with E-state index in [1.165, 1.54) is 0 Å². The van der Waals surface area contributed by atoms with Crippen molar-refractivity contribution in [3.63, 3.8) is 0 Å². The zero-order chi connectivity index (χ0) is 13.4. The van der Waals surface area contributed by atoms with E-state index in [0.717, 1.165) is 25.5 Å². The van der Waals surface area contributed by atoms with Crippen LogP contribution in [0.4, 0.5) is 0 Å². The summed E-state index contributed by atoms with van der Waals surface area (Å²) in [6.07, 6.45) is -0.0503. The fourth-order valence-corrected chi connectivity index (χ4v) is 3.64. The standard InChI is InChI=1S/C12H14BrClN2OS/c1-6-8(12(14)16(3)15-6)4-10(17)11-5-9(13)7(2)18-11/h5,10,17H,4H2,1-3H3. The lowest BCUT2D eigenvalue weighted by molar-refractivity contribution is 0.182. The van der Waals surface area contributed by atoms with E-state index in [4.69, 9.17) is 11.6 Å². The van der Waals surface area contributed by atoms with E-state index in [2.05, 4.69) is 21.0 Å². The summed E-state index contributed by atoms with van der Waals surface area (Å²) in [5, 5.41) is 15.1. The quantitative estimate of drug-likeness (QED) is 0.915. The van der Waals surface area contributed by atoms with E-state index in [1.807, 2.05) is 19.9 Å². The average Bonchev–Trinajstić information content (AvgIpc) is 2.75. The largest absolute Gasteiger partial charge is 0.387 e. The van der Waals surface area contributed by atoms with Crippen LogP contribution in [0.2, 0.25) is 5.15 Å². The molecule has 0 spiro atoms. The van der Waals surface area contributed by atoms with E-state index >= 15 is 0 Å². The molecule has 0 amide bonds. The molecule has 98 valence electrons. The summed E-state index contributed by atoms with van der Waals surface area (Å²) in [4.78, 5) is 2.11. The monoisotopic (exact) mass is 348 g/mol. The van der Waals surface area contributed by atoms with Gasteiger partial charge in [-0.2, -0.15) is 5.10 Å². The maximum absolute atomic E-state index is 10.3. The molecule has 0 bridgehead atoms. The second kappa shape index (κ2) is 5.33. The van der Waals surface area contributed by atoms with Crippen LogP contribution in [0.1, 0.15) is 27.1 Å². The number of hydrogen-bond donors (Lipinski definition) is 1. The lowest BCUT2D eigenvalue weighted by Gasteiger charge is -2.08. The molecule has 3 nitrogen and oxygen atoms in total. The molecule has 0 radical (unpaired) electrons. The SMILES string of the molecule is Cc1nn(C)c(Cl)c1CC(O)c1cc(Br)c(C)s1. The van der Waals surface area contributed by atoms with E-state index in [9.17, 15) is 5.11 Å². The van der Waals surface area contributed by atoms with Gasteiger partial charge in [-0.25, -0.2) is 0 Å². The first kappa shape index (κ1) is 14.1. The maximum Gasteiger partial charge on any atom is 0.130 e. The molecule has 1 atom stereocenters. The van der Waals surface area contributed by atoms with Crippen molar-refractivity contribution in [2.75, 3.05) is 0 Å². The Morgan fingerprint density at radius 3 is 2.67 bits per heavy atom. The highest BCUT2D eigenvalue weighted by Crippen LogP contribution is 2.33. The Labute approximate surface area is 124 Å². The van der Waals surface area contributed by atoms with Crippen molar-refractivity contribution in [3.05, 3.63) is 36.7 Å². The number of aryl methyl sites for hydroxylation is 3. The number of aliphatic hydroxyl groups is 1. The molecule has 0 saturated carbocycles. The number of rotatable bonds is 3. The Morgan fingerprint density at radius 2 is 2.22 bits per heavy atom. The van der Waals surface area contributed by atoms with Crippen LogP contribution < -0.4 is 0 Å². The molecule has 0 saturated heterocycles. The molecule has 6 heteroatoms. The molecule has 0 aliphatic carbocycles. The number of thiophene rings is 1. The summed E-state index contributed by atoms with van der Waals surface area (Å²) in [5.74, 6) is 0. The van der Waals surface area contributed by atoms with Gasteiger partial charge in [-0.05, 0) is 35.8 Å². The molecular weight excluding hydrogens is 336 g/mol. The van der Waals surface area contributed by atoms with Crippen molar-refractivity contribution in [2.45, 2.75) is 26.4 Å². The van der Waals surface area contributed by atoms with E-state index in [1.54, 1.807) is 23.1 Å². The zero-order valence-corrected chi connectivity index (χ0v) is 13.5. The first-order chi connectivity index (χ1) is 8.40. The fraction of sp³-hybridized carbons (Fsp3) is 0.417. The minimum atomic E-state index is -0.541. The van der Waals surface area contributed by atoms with Gasteiger partial charge in [-0.3, -0.25) is 4.68 Å². The molecular formula is C12H14BrClN2OS. The van der Waals surface area contributed by atoms with Crippen LogP contribution in [0.5, 0.6) is 0 Å².